The monoisotopic (exact) mass is 285 g/mol. The molecule has 1 aromatic carbocycles. The van der Waals surface area contributed by atoms with Crippen molar-refractivity contribution in [2.24, 2.45) is 0 Å². The van der Waals surface area contributed by atoms with Crippen LogP contribution in [0.2, 0.25) is 0 Å². The van der Waals surface area contributed by atoms with E-state index in [1.807, 2.05) is 24.3 Å². The Balaban J connectivity index is 1.89. The Morgan fingerprint density at radius 1 is 1.24 bits per heavy atom. The van der Waals surface area contributed by atoms with Crippen LogP contribution in [0.5, 0.6) is 0 Å². The van der Waals surface area contributed by atoms with Gasteiger partial charge in [-0.15, -0.1) is 0 Å². The van der Waals surface area contributed by atoms with Crippen LogP contribution in [-0.2, 0) is 6.61 Å². The van der Waals surface area contributed by atoms with Gasteiger partial charge in [0.15, 0.2) is 0 Å². The summed E-state index contributed by atoms with van der Waals surface area (Å²) in [6.45, 7) is 2.04. The highest BCUT2D eigenvalue weighted by Gasteiger charge is 2.23. The molecule has 1 fully saturated rings. The normalized spacial score (nSPS) is 16.9. The highest BCUT2D eigenvalue weighted by atomic mass is 16.3. The van der Waals surface area contributed by atoms with Gasteiger partial charge in [-0.05, 0) is 39.1 Å². The molecule has 0 unspecified atom stereocenters. The maximum atomic E-state index is 9.67. The van der Waals surface area contributed by atoms with Gasteiger partial charge in [-0.3, -0.25) is 0 Å². The zero-order valence-corrected chi connectivity index (χ0v) is 12.8. The van der Waals surface area contributed by atoms with Crippen LogP contribution in [0.3, 0.4) is 0 Å². The number of pyridine rings is 1. The molecule has 21 heavy (non-hydrogen) atoms. The molecule has 0 atom stereocenters. The maximum absolute atomic E-state index is 9.67. The quantitative estimate of drug-likeness (QED) is 0.939. The first-order valence-electron chi connectivity index (χ1n) is 7.60. The molecular weight excluding hydrogens is 262 g/mol. The van der Waals surface area contributed by atoms with E-state index in [-0.39, 0.29) is 6.61 Å². The van der Waals surface area contributed by atoms with Crippen molar-refractivity contribution >= 4 is 16.7 Å². The molecule has 0 radical (unpaired) electrons. The number of para-hydroxylation sites is 1. The van der Waals surface area contributed by atoms with E-state index in [4.69, 9.17) is 4.98 Å². The van der Waals surface area contributed by atoms with Gasteiger partial charge in [-0.1, -0.05) is 18.2 Å². The Kier molecular flexibility index (Phi) is 4.08. The molecule has 1 saturated heterocycles. The number of hydrogen-bond acceptors (Lipinski definition) is 4. The van der Waals surface area contributed by atoms with Gasteiger partial charge in [-0.2, -0.15) is 0 Å². The third-order valence-corrected chi connectivity index (χ3v) is 4.44. The van der Waals surface area contributed by atoms with E-state index in [0.29, 0.717) is 6.04 Å². The van der Waals surface area contributed by atoms with Crippen molar-refractivity contribution in [2.45, 2.75) is 25.5 Å². The standard InChI is InChI=1S/C17H23N3O/c1-19(2)15-7-9-20(10-8-15)17-14(12-21)11-13-5-3-4-6-16(13)18-17/h3-6,11,15,21H,7-10,12H2,1-2H3. The fourth-order valence-corrected chi connectivity index (χ4v) is 3.13. The molecule has 1 N–H and O–H groups in total. The largest absolute Gasteiger partial charge is 0.392 e. The molecular formula is C17H23N3O. The van der Waals surface area contributed by atoms with Gasteiger partial charge in [0.2, 0.25) is 0 Å². The number of benzene rings is 1. The van der Waals surface area contributed by atoms with Gasteiger partial charge in [0.25, 0.3) is 0 Å². The third-order valence-electron chi connectivity index (χ3n) is 4.44. The lowest BCUT2D eigenvalue weighted by molar-refractivity contribution is 0.248. The molecule has 4 nitrogen and oxygen atoms in total. The second kappa shape index (κ2) is 6.00. The Labute approximate surface area is 126 Å². The van der Waals surface area contributed by atoms with E-state index in [9.17, 15) is 5.11 Å². The highest BCUT2D eigenvalue weighted by Crippen LogP contribution is 2.27. The van der Waals surface area contributed by atoms with Crippen LogP contribution in [0.25, 0.3) is 10.9 Å². The molecule has 0 aliphatic carbocycles. The molecule has 2 aromatic rings. The minimum Gasteiger partial charge on any atom is -0.392 e. The molecule has 2 heterocycles. The second-order valence-electron chi connectivity index (χ2n) is 6.00. The number of piperidine rings is 1. The number of rotatable bonds is 3. The summed E-state index contributed by atoms with van der Waals surface area (Å²) in [5, 5.41) is 10.8. The molecule has 1 aliphatic rings. The average molecular weight is 285 g/mol. The Morgan fingerprint density at radius 3 is 2.62 bits per heavy atom. The van der Waals surface area contributed by atoms with E-state index < -0.39 is 0 Å². The molecule has 1 aromatic heterocycles. The van der Waals surface area contributed by atoms with Crippen molar-refractivity contribution < 1.29 is 5.11 Å². The van der Waals surface area contributed by atoms with Crippen molar-refractivity contribution in [1.29, 1.82) is 0 Å². The van der Waals surface area contributed by atoms with Gasteiger partial charge >= 0.3 is 0 Å². The van der Waals surface area contributed by atoms with Crippen LogP contribution in [0.15, 0.2) is 30.3 Å². The van der Waals surface area contributed by atoms with Gasteiger partial charge < -0.3 is 14.9 Å². The third kappa shape index (κ3) is 2.87. The minimum absolute atomic E-state index is 0.0424. The summed E-state index contributed by atoms with van der Waals surface area (Å²) in [5.41, 5.74) is 1.93. The molecule has 0 spiro atoms. The van der Waals surface area contributed by atoms with E-state index >= 15 is 0 Å². The Bertz CT molecular complexity index is 618. The first kappa shape index (κ1) is 14.3. The summed E-state index contributed by atoms with van der Waals surface area (Å²) >= 11 is 0. The fourth-order valence-electron chi connectivity index (χ4n) is 3.13. The van der Waals surface area contributed by atoms with E-state index in [1.54, 1.807) is 0 Å². The smallest absolute Gasteiger partial charge is 0.134 e. The predicted octanol–water partition coefficient (Wildman–Crippen LogP) is 2.26. The van der Waals surface area contributed by atoms with Crippen molar-refractivity contribution in [1.82, 2.24) is 9.88 Å². The lowest BCUT2D eigenvalue weighted by Gasteiger charge is -2.36. The summed E-state index contributed by atoms with van der Waals surface area (Å²) in [7, 11) is 4.29. The SMILES string of the molecule is CN(C)C1CCN(c2nc3ccccc3cc2CO)CC1. The lowest BCUT2D eigenvalue weighted by atomic mass is 10.0. The summed E-state index contributed by atoms with van der Waals surface area (Å²) in [5.74, 6) is 0.952. The summed E-state index contributed by atoms with van der Waals surface area (Å²) in [4.78, 5) is 9.41. The zero-order chi connectivity index (χ0) is 14.8. The molecule has 4 heteroatoms. The maximum Gasteiger partial charge on any atom is 0.134 e. The molecule has 1 aliphatic heterocycles. The number of aromatic nitrogens is 1. The van der Waals surface area contributed by atoms with Crippen LogP contribution in [0, 0.1) is 0 Å². The highest BCUT2D eigenvalue weighted by molar-refractivity contribution is 5.81. The summed E-state index contributed by atoms with van der Waals surface area (Å²) < 4.78 is 0. The number of anilines is 1. The van der Waals surface area contributed by atoms with Crippen molar-refractivity contribution in [3.63, 3.8) is 0 Å². The molecule has 3 rings (SSSR count). The number of nitrogens with zero attached hydrogens (tertiary/aromatic N) is 3. The summed E-state index contributed by atoms with van der Waals surface area (Å²) in [6.07, 6.45) is 2.29. The van der Waals surface area contributed by atoms with E-state index in [1.165, 1.54) is 0 Å². The van der Waals surface area contributed by atoms with Gasteiger partial charge in [0, 0.05) is 30.1 Å². The molecule has 0 bridgehead atoms. The number of fused-ring (bicyclic) bond motifs is 1. The van der Waals surface area contributed by atoms with E-state index in [0.717, 1.165) is 48.2 Å². The summed E-state index contributed by atoms with van der Waals surface area (Å²) in [6, 6.07) is 10.8. The average Bonchev–Trinajstić information content (AvgIpc) is 2.53. The van der Waals surface area contributed by atoms with Crippen molar-refractivity contribution in [3.05, 3.63) is 35.9 Å². The zero-order valence-electron chi connectivity index (χ0n) is 12.8. The van der Waals surface area contributed by atoms with Gasteiger partial charge in [-0.25, -0.2) is 4.98 Å². The Morgan fingerprint density at radius 2 is 1.95 bits per heavy atom. The topological polar surface area (TPSA) is 39.6 Å². The molecule has 0 saturated carbocycles. The first-order valence-corrected chi connectivity index (χ1v) is 7.60. The van der Waals surface area contributed by atoms with Crippen molar-refractivity contribution in [2.75, 3.05) is 32.1 Å². The minimum atomic E-state index is 0.0424. The van der Waals surface area contributed by atoms with Crippen LogP contribution in [0.4, 0.5) is 5.82 Å². The van der Waals surface area contributed by atoms with Crippen molar-refractivity contribution in [3.8, 4) is 0 Å². The predicted molar refractivity (Wildman–Crippen MR) is 86.6 cm³/mol. The number of aliphatic hydroxyl groups is 1. The van der Waals surface area contributed by atoms with Crippen LogP contribution in [0.1, 0.15) is 18.4 Å². The van der Waals surface area contributed by atoms with Gasteiger partial charge in [0.05, 0.1) is 12.1 Å². The first-order chi connectivity index (χ1) is 10.2. The molecule has 0 amide bonds. The number of hydrogen-bond donors (Lipinski definition) is 1. The Hall–Kier alpha value is -1.65. The van der Waals surface area contributed by atoms with Gasteiger partial charge in [0.1, 0.15) is 5.82 Å². The van der Waals surface area contributed by atoms with Crippen LogP contribution < -0.4 is 4.90 Å². The van der Waals surface area contributed by atoms with Crippen LogP contribution >= 0.6 is 0 Å². The van der Waals surface area contributed by atoms with E-state index in [2.05, 4.69) is 30.0 Å². The fraction of sp³-hybridized carbons (Fsp3) is 0.471. The second-order valence-corrected chi connectivity index (χ2v) is 6.00. The molecule has 112 valence electrons. The number of aliphatic hydroxyl groups excluding tert-OH is 1. The lowest BCUT2D eigenvalue weighted by Crippen LogP contribution is -2.42. The van der Waals surface area contributed by atoms with Crippen LogP contribution in [-0.4, -0.2) is 48.2 Å².